The lowest BCUT2D eigenvalue weighted by Gasteiger charge is -2.09. The first-order valence-corrected chi connectivity index (χ1v) is 9.58. The van der Waals surface area contributed by atoms with Crippen molar-refractivity contribution in [1.82, 2.24) is 9.88 Å². The van der Waals surface area contributed by atoms with Gasteiger partial charge in [0.25, 0.3) is 5.91 Å². The monoisotopic (exact) mass is 428 g/mol. The van der Waals surface area contributed by atoms with Gasteiger partial charge in [0, 0.05) is 16.6 Å². The Morgan fingerprint density at radius 3 is 2.40 bits per heavy atom. The zero-order valence-corrected chi connectivity index (χ0v) is 17.5. The van der Waals surface area contributed by atoms with Crippen LogP contribution in [0.3, 0.4) is 0 Å². The van der Waals surface area contributed by atoms with Crippen molar-refractivity contribution in [1.29, 1.82) is 0 Å². The summed E-state index contributed by atoms with van der Waals surface area (Å²) in [6, 6.07) is 10.5. The van der Waals surface area contributed by atoms with E-state index in [4.69, 9.17) is 21.4 Å². The number of aryl methyl sites for hydroxylation is 1. The lowest BCUT2D eigenvalue weighted by atomic mass is 10.1. The molecule has 7 nitrogen and oxygen atoms in total. The zero-order chi connectivity index (χ0) is 22.0. The minimum Gasteiger partial charge on any atom is -0.495 e. The number of nitrogens with one attached hydrogen (secondary N) is 1. The number of carbonyl (C=O) groups is 3. The molecule has 3 aromatic rings. The van der Waals surface area contributed by atoms with Crippen LogP contribution in [0.15, 0.2) is 36.4 Å². The van der Waals surface area contributed by atoms with Crippen LogP contribution >= 0.6 is 11.6 Å². The number of carbonyl (C=O) groups excluding carboxylic acids is 2. The van der Waals surface area contributed by atoms with Gasteiger partial charge >= 0.3 is 5.97 Å². The van der Waals surface area contributed by atoms with Gasteiger partial charge in [-0.3, -0.25) is 19.0 Å². The van der Waals surface area contributed by atoms with Gasteiger partial charge in [-0.1, -0.05) is 29.3 Å². The molecule has 8 heteroatoms. The predicted octanol–water partition coefficient (Wildman–Crippen LogP) is 3.35. The van der Waals surface area contributed by atoms with Crippen molar-refractivity contribution in [2.75, 3.05) is 13.7 Å². The minimum absolute atomic E-state index is 0.0887. The number of aliphatic carboxylic acids is 1. The van der Waals surface area contributed by atoms with Gasteiger partial charge in [0.1, 0.15) is 12.3 Å². The number of hydrogen-bond donors (Lipinski definition) is 2. The summed E-state index contributed by atoms with van der Waals surface area (Å²) in [5, 5.41) is 12.1. The molecule has 1 amide bonds. The number of halogens is 1. The molecule has 0 aliphatic carbocycles. The molecule has 1 aromatic heterocycles. The fourth-order valence-electron chi connectivity index (χ4n) is 3.34. The number of amides is 1. The van der Waals surface area contributed by atoms with Crippen LogP contribution in [0.4, 0.5) is 0 Å². The molecule has 2 N–H and O–H groups in total. The summed E-state index contributed by atoms with van der Waals surface area (Å²) in [5.41, 5.74) is 3.25. The minimum atomic E-state index is -1.13. The number of rotatable bonds is 6. The van der Waals surface area contributed by atoms with E-state index >= 15 is 0 Å². The van der Waals surface area contributed by atoms with Crippen LogP contribution in [-0.2, 0) is 16.0 Å². The van der Waals surface area contributed by atoms with Crippen LogP contribution in [0.2, 0.25) is 5.02 Å². The average Bonchev–Trinajstić information content (AvgIpc) is 2.96. The maximum absolute atomic E-state index is 13.3. The van der Waals surface area contributed by atoms with Gasteiger partial charge in [0.05, 0.1) is 24.1 Å². The molecule has 156 valence electrons. The third-order valence-corrected chi connectivity index (χ3v) is 5.18. The molecule has 0 saturated heterocycles. The van der Waals surface area contributed by atoms with Gasteiger partial charge < -0.3 is 15.2 Å². The second kappa shape index (κ2) is 8.59. The topological polar surface area (TPSA) is 97.6 Å². The van der Waals surface area contributed by atoms with E-state index in [2.05, 4.69) is 5.32 Å². The molecule has 0 spiro atoms. The van der Waals surface area contributed by atoms with Crippen molar-refractivity contribution in [2.24, 2.45) is 0 Å². The Kier molecular flexibility index (Phi) is 6.12. The second-order valence-electron chi connectivity index (χ2n) is 6.92. The highest BCUT2D eigenvalue weighted by Crippen LogP contribution is 2.35. The van der Waals surface area contributed by atoms with E-state index < -0.39 is 18.4 Å². The molecule has 0 aliphatic heterocycles. The Morgan fingerprint density at radius 1 is 1.13 bits per heavy atom. The summed E-state index contributed by atoms with van der Waals surface area (Å²) in [7, 11) is 1.48. The molecule has 0 atom stereocenters. The number of carboxylic acids is 1. The summed E-state index contributed by atoms with van der Waals surface area (Å²) < 4.78 is 6.81. The van der Waals surface area contributed by atoms with E-state index in [1.807, 2.05) is 19.1 Å². The van der Waals surface area contributed by atoms with Crippen molar-refractivity contribution in [2.45, 2.75) is 20.3 Å². The van der Waals surface area contributed by atoms with Crippen LogP contribution in [0, 0.1) is 13.8 Å². The third kappa shape index (κ3) is 4.16. The van der Waals surface area contributed by atoms with E-state index in [1.165, 1.54) is 11.7 Å². The van der Waals surface area contributed by atoms with Crippen molar-refractivity contribution in [3.05, 3.63) is 63.8 Å². The zero-order valence-electron chi connectivity index (χ0n) is 16.8. The lowest BCUT2D eigenvalue weighted by molar-refractivity contribution is -0.137. The van der Waals surface area contributed by atoms with E-state index in [9.17, 15) is 14.4 Å². The fourth-order valence-corrected chi connectivity index (χ4v) is 3.58. The maximum atomic E-state index is 13.3. The lowest BCUT2D eigenvalue weighted by Crippen LogP contribution is -2.30. The average molecular weight is 429 g/mol. The highest BCUT2D eigenvalue weighted by molar-refractivity contribution is 6.33. The number of carboxylic acid groups (broad SMARTS) is 1. The molecule has 0 aliphatic rings. The smallest absolute Gasteiger partial charge is 0.322 e. The highest BCUT2D eigenvalue weighted by Gasteiger charge is 2.23. The molecule has 0 bridgehead atoms. The Balaban J connectivity index is 2.14. The van der Waals surface area contributed by atoms with Crippen molar-refractivity contribution < 1.29 is 24.2 Å². The first-order valence-electron chi connectivity index (χ1n) is 9.20. The van der Waals surface area contributed by atoms with E-state index in [1.54, 1.807) is 31.2 Å². The molecule has 0 radical (unpaired) electrons. The molecule has 1 heterocycles. The van der Waals surface area contributed by atoms with E-state index in [0.29, 0.717) is 38.5 Å². The summed E-state index contributed by atoms with van der Waals surface area (Å²) in [6.07, 6.45) is -0.0887. The molecular weight excluding hydrogens is 408 g/mol. The van der Waals surface area contributed by atoms with Crippen molar-refractivity contribution >= 4 is 40.3 Å². The molecule has 2 aromatic carbocycles. The van der Waals surface area contributed by atoms with Crippen LogP contribution in [0.1, 0.15) is 27.2 Å². The number of hydrogen-bond acceptors (Lipinski definition) is 4. The Hall–Kier alpha value is -3.32. The Bertz CT molecular complexity index is 1150. The normalized spacial score (nSPS) is 10.8. The standard InChI is InChI=1S/C22H21ClN2O5/c1-12-4-6-14(7-5-12)22(29)25-13(2)15(9-20(26)24-11-21(27)28)16-8-19(30-3)17(23)10-18(16)25/h4-8,10H,9,11H2,1-3H3,(H,24,26)(H,27,28). The van der Waals surface area contributed by atoms with Gasteiger partial charge in [0.15, 0.2) is 0 Å². The molecule has 0 unspecified atom stereocenters. The van der Waals surface area contributed by atoms with Crippen LogP contribution in [-0.4, -0.2) is 41.1 Å². The summed E-state index contributed by atoms with van der Waals surface area (Å²) in [6.45, 7) is 3.20. The molecule has 3 rings (SSSR count). The predicted molar refractivity (Wildman–Crippen MR) is 113 cm³/mol. The fraction of sp³-hybridized carbons (Fsp3) is 0.227. The third-order valence-electron chi connectivity index (χ3n) is 4.88. The maximum Gasteiger partial charge on any atom is 0.322 e. The number of aromatic nitrogens is 1. The van der Waals surface area contributed by atoms with E-state index in [0.717, 1.165) is 5.56 Å². The van der Waals surface area contributed by atoms with Crippen LogP contribution in [0.5, 0.6) is 5.75 Å². The van der Waals surface area contributed by atoms with Gasteiger partial charge in [-0.05, 0) is 43.7 Å². The quantitative estimate of drug-likeness (QED) is 0.627. The first kappa shape index (κ1) is 21.4. The first-order chi connectivity index (χ1) is 14.2. The number of fused-ring (bicyclic) bond motifs is 1. The number of nitrogens with zero attached hydrogens (tertiary/aromatic N) is 1. The summed E-state index contributed by atoms with van der Waals surface area (Å²) in [4.78, 5) is 36.3. The SMILES string of the molecule is COc1cc2c(CC(=O)NCC(=O)O)c(C)n(C(=O)c3ccc(C)cc3)c2cc1Cl. The van der Waals surface area contributed by atoms with Crippen molar-refractivity contribution in [3.8, 4) is 5.75 Å². The van der Waals surface area contributed by atoms with Crippen LogP contribution in [0.25, 0.3) is 10.9 Å². The molecular formula is C22H21ClN2O5. The number of methoxy groups -OCH3 is 1. The van der Waals surface area contributed by atoms with E-state index in [-0.39, 0.29) is 12.3 Å². The van der Waals surface area contributed by atoms with Crippen LogP contribution < -0.4 is 10.1 Å². The van der Waals surface area contributed by atoms with Crippen molar-refractivity contribution in [3.63, 3.8) is 0 Å². The second-order valence-corrected chi connectivity index (χ2v) is 7.33. The molecule has 0 saturated carbocycles. The molecule has 30 heavy (non-hydrogen) atoms. The van der Waals surface area contributed by atoms with Gasteiger partial charge in [-0.15, -0.1) is 0 Å². The summed E-state index contributed by atoms with van der Waals surface area (Å²) in [5.74, 6) is -1.44. The largest absolute Gasteiger partial charge is 0.495 e. The van der Waals surface area contributed by atoms with Gasteiger partial charge in [-0.25, -0.2) is 0 Å². The number of benzene rings is 2. The summed E-state index contributed by atoms with van der Waals surface area (Å²) >= 11 is 6.30. The highest BCUT2D eigenvalue weighted by atomic mass is 35.5. The Labute approximate surface area is 178 Å². The number of ether oxygens (including phenoxy) is 1. The molecule has 0 fully saturated rings. The van der Waals surface area contributed by atoms with Gasteiger partial charge in [0.2, 0.25) is 5.91 Å². The van der Waals surface area contributed by atoms with Gasteiger partial charge in [-0.2, -0.15) is 0 Å². The Morgan fingerprint density at radius 2 is 1.80 bits per heavy atom.